The van der Waals surface area contributed by atoms with Crippen molar-refractivity contribution in [2.24, 2.45) is 0 Å². The van der Waals surface area contributed by atoms with E-state index < -0.39 is 0 Å². The molecule has 1 aliphatic rings. The predicted molar refractivity (Wildman–Crippen MR) is 82.3 cm³/mol. The lowest BCUT2D eigenvalue weighted by molar-refractivity contribution is 0.0157. The molecule has 1 aliphatic heterocycles. The van der Waals surface area contributed by atoms with Gasteiger partial charge in [-0.05, 0) is 12.8 Å². The Morgan fingerprint density at radius 1 is 1.33 bits per heavy atom. The summed E-state index contributed by atoms with van der Waals surface area (Å²) in [6.07, 6.45) is 5.96. The number of hydrogen-bond donors (Lipinski definition) is 2. The fraction of sp³-hybridized carbons (Fsp3) is 0.733. The van der Waals surface area contributed by atoms with E-state index in [9.17, 15) is 0 Å². The number of aliphatic hydroxyl groups excluding tert-OH is 1. The largest absolute Gasteiger partial charge is 0.394 e. The smallest absolute Gasteiger partial charge is 0.225 e. The van der Waals surface area contributed by atoms with Crippen molar-refractivity contribution in [3.05, 3.63) is 18.0 Å². The van der Waals surface area contributed by atoms with Gasteiger partial charge in [0.25, 0.3) is 0 Å². The fourth-order valence-corrected chi connectivity index (χ4v) is 2.37. The molecule has 6 heteroatoms. The standard InChI is InChI=1S/C15H26N4O2/c1-12(2)16-9-13-10-17-15(18-11-13)19-5-3-14(4-6-19)21-8-7-20/h10-12,14,16,20H,3-9H2,1-2H3. The third kappa shape index (κ3) is 5.22. The highest BCUT2D eigenvalue weighted by Crippen LogP contribution is 2.17. The molecule has 0 radical (unpaired) electrons. The van der Waals surface area contributed by atoms with Crippen LogP contribution in [0.25, 0.3) is 0 Å². The number of nitrogens with zero attached hydrogens (tertiary/aromatic N) is 3. The van der Waals surface area contributed by atoms with Crippen LogP contribution in [-0.2, 0) is 11.3 Å². The SMILES string of the molecule is CC(C)NCc1cnc(N2CCC(OCCO)CC2)nc1. The van der Waals surface area contributed by atoms with E-state index in [1.807, 2.05) is 12.4 Å². The number of hydrogen-bond acceptors (Lipinski definition) is 6. The van der Waals surface area contributed by atoms with Crippen LogP contribution in [0.4, 0.5) is 5.95 Å². The molecule has 6 nitrogen and oxygen atoms in total. The zero-order valence-corrected chi connectivity index (χ0v) is 13.0. The summed E-state index contributed by atoms with van der Waals surface area (Å²) in [5.74, 6) is 0.795. The van der Waals surface area contributed by atoms with Crippen LogP contribution in [0.5, 0.6) is 0 Å². The van der Waals surface area contributed by atoms with Gasteiger partial charge in [-0.15, -0.1) is 0 Å². The second-order valence-electron chi connectivity index (χ2n) is 5.71. The number of rotatable bonds is 7. The Labute approximate surface area is 126 Å². The first-order chi connectivity index (χ1) is 10.2. The highest BCUT2D eigenvalue weighted by molar-refractivity contribution is 5.30. The maximum atomic E-state index is 8.77. The first kappa shape index (κ1) is 16.1. The Hall–Kier alpha value is -1.24. The summed E-state index contributed by atoms with van der Waals surface area (Å²) in [5, 5.41) is 12.1. The molecule has 1 aromatic heterocycles. The van der Waals surface area contributed by atoms with Gasteiger partial charge in [0, 0.05) is 43.6 Å². The van der Waals surface area contributed by atoms with E-state index in [4.69, 9.17) is 9.84 Å². The van der Waals surface area contributed by atoms with Gasteiger partial charge in [-0.25, -0.2) is 9.97 Å². The zero-order valence-electron chi connectivity index (χ0n) is 13.0. The Bertz CT molecular complexity index is 403. The summed E-state index contributed by atoms with van der Waals surface area (Å²) in [6, 6.07) is 0.461. The van der Waals surface area contributed by atoms with E-state index in [2.05, 4.69) is 34.0 Å². The van der Waals surface area contributed by atoms with Crippen LogP contribution < -0.4 is 10.2 Å². The lowest BCUT2D eigenvalue weighted by atomic mass is 10.1. The lowest BCUT2D eigenvalue weighted by Crippen LogP contribution is -2.38. The molecule has 1 fully saturated rings. The molecule has 0 aliphatic carbocycles. The second-order valence-corrected chi connectivity index (χ2v) is 5.71. The molecule has 0 amide bonds. The third-order valence-corrected chi connectivity index (χ3v) is 3.58. The average Bonchev–Trinajstić information content (AvgIpc) is 2.52. The van der Waals surface area contributed by atoms with Crippen molar-refractivity contribution in [3.8, 4) is 0 Å². The molecule has 21 heavy (non-hydrogen) atoms. The topological polar surface area (TPSA) is 70.5 Å². The van der Waals surface area contributed by atoms with Crippen LogP contribution in [0.3, 0.4) is 0 Å². The Morgan fingerprint density at radius 2 is 2.00 bits per heavy atom. The van der Waals surface area contributed by atoms with E-state index in [0.29, 0.717) is 12.6 Å². The van der Waals surface area contributed by atoms with Gasteiger partial charge in [0.2, 0.25) is 5.95 Å². The number of aromatic nitrogens is 2. The predicted octanol–water partition coefficient (Wildman–Crippen LogP) is 0.952. The summed E-state index contributed by atoms with van der Waals surface area (Å²) in [7, 11) is 0. The summed E-state index contributed by atoms with van der Waals surface area (Å²) in [5.41, 5.74) is 1.11. The zero-order chi connectivity index (χ0) is 15.1. The van der Waals surface area contributed by atoms with Gasteiger partial charge in [-0.1, -0.05) is 13.8 Å². The third-order valence-electron chi connectivity index (χ3n) is 3.58. The highest BCUT2D eigenvalue weighted by Gasteiger charge is 2.21. The van der Waals surface area contributed by atoms with Crippen molar-refractivity contribution < 1.29 is 9.84 Å². The van der Waals surface area contributed by atoms with Gasteiger partial charge >= 0.3 is 0 Å². The molecule has 0 bridgehead atoms. The van der Waals surface area contributed by atoms with Crippen LogP contribution in [0.15, 0.2) is 12.4 Å². The van der Waals surface area contributed by atoms with Gasteiger partial charge in [-0.3, -0.25) is 0 Å². The first-order valence-electron chi connectivity index (χ1n) is 7.70. The van der Waals surface area contributed by atoms with E-state index in [1.165, 1.54) is 0 Å². The Balaban J connectivity index is 1.80. The highest BCUT2D eigenvalue weighted by atomic mass is 16.5. The molecular formula is C15H26N4O2. The van der Waals surface area contributed by atoms with Crippen molar-refractivity contribution >= 4 is 5.95 Å². The van der Waals surface area contributed by atoms with Crippen LogP contribution in [-0.4, -0.2) is 53.5 Å². The number of ether oxygens (including phenoxy) is 1. The van der Waals surface area contributed by atoms with Gasteiger partial charge in [-0.2, -0.15) is 0 Å². The van der Waals surface area contributed by atoms with E-state index in [1.54, 1.807) is 0 Å². The number of piperidine rings is 1. The Kier molecular flexibility index (Phi) is 6.35. The molecule has 1 aromatic rings. The monoisotopic (exact) mass is 294 g/mol. The minimum Gasteiger partial charge on any atom is -0.394 e. The summed E-state index contributed by atoms with van der Waals surface area (Å²) < 4.78 is 5.56. The number of nitrogens with one attached hydrogen (secondary N) is 1. The van der Waals surface area contributed by atoms with Gasteiger partial charge < -0.3 is 20.1 Å². The molecule has 1 saturated heterocycles. The van der Waals surface area contributed by atoms with Crippen molar-refractivity contribution in [3.63, 3.8) is 0 Å². The summed E-state index contributed by atoms with van der Waals surface area (Å²) >= 11 is 0. The van der Waals surface area contributed by atoms with E-state index in [0.717, 1.165) is 44.0 Å². The molecular weight excluding hydrogens is 268 g/mol. The average molecular weight is 294 g/mol. The van der Waals surface area contributed by atoms with Gasteiger partial charge in [0.1, 0.15) is 0 Å². The molecule has 0 saturated carbocycles. The summed E-state index contributed by atoms with van der Waals surface area (Å²) in [4.78, 5) is 11.1. The lowest BCUT2D eigenvalue weighted by Gasteiger charge is -2.31. The van der Waals surface area contributed by atoms with Crippen LogP contribution in [0.2, 0.25) is 0 Å². The fourth-order valence-electron chi connectivity index (χ4n) is 2.37. The minimum atomic E-state index is 0.0925. The van der Waals surface area contributed by atoms with E-state index >= 15 is 0 Å². The molecule has 0 atom stereocenters. The van der Waals surface area contributed by atoms with E-state index in [-0.39, 0.29) is 12.7 Å². The van der Waals surface area contributed by atoms with Crippen LogP contribution in [0.1, 0.15) is 32.3 Å². The molecule has 2 rings (SSSR count). The molecule has 0 unspecified atom stereocenters. The van der Waals surface area contributed by atoms with Crippen molar-refractivity contribution in [2.75, 3.05) is 31.2 Å². The Morgan fingerprint density at radius 3 is 2.57 bits per heavy atom. The first-order valence-corrected chi connectivity index (χ1v) is 7.70. The molecule has 2 N–H and O–H groups in total. The molecule has 118 valence electrons. The maximum absolute atomic E-state index is 8.77. The van der Waals surface area contributed by atoms with Crippen LogP contribution >= 0.6 is 0 Å². The summed E-state index contributed by atoms with van der Waals surface area (Å²) in [6.45, 7) is 7.37. The second kappa shape index (κ2) is 8.26. The maximum Gasteiger partial charge on any atom is 0.225 e. The van der Waals surface area contributed by atoms with Crippen molar-refractivity contribution in [1.29, 1.82) is 0 Å². The minimum absolute atomic E-state index is 0.0925. The number of anilines is 1. The van der Waals surface area contributed by atoms with Crippen LogP contribution in [0, 0.1) is 0 Å². The molecule has 0 spiro atoms. The van der Waals surface area contributed by atoms with Crippen molar-refractivity contribution in [2.45, 2.75) is 45.4 Å². The normalized spacial score (nSPS) is 16.7. The van der Waals surface area contributed by atoms with Gasteiger partial charge in [0.15, 0.2) is 0 Å². The molecule has 2 heterocycles. The number of aliphatic hydroxyl groups is 1. The van der Waals surface area contributed by atoms with Crippen molar-refractivity contribution in [1.82, 2.24) is 15.3 Å². The quantitative estimate of drug-likeness (QED) is 0.780. The van der Waals surface area contributed by atoms with Gasteiger partial charge in [0.05, 0.1) is 19.3 Å². The molecule has 0 aromatic carbocycles.